The summed E-state index contributed by atoms with van der Waals surface area (Å²) in [6.07, 6.45) is 5.24. The molecule has 0 aromatic carbocycles. The Morgan fingerprint density at radius 1 is 1.35 bits per heavy atom. The van der Waals surface area contributed by atoms with Crippen molar-refractivity contribution >= 4 is 17.8 Å². The first-order valence-electron chi connectivity index (χ1n) is 9.03. The van der Waals surface area contributed by atoms with Gasteiger partial charge in [-0.3, -0.25) is 19.3 Å². The quantitative estimate of drug-likeness (QED) is 0.599. The van der Waals surface area contributed by atoms with Gasteiger partial charge in [-0.1, -0.05) is 0 Å². The van der Waals surface area contributed by atoms with Gasteiger partial charge in [0, 0.05) is 18.6 Å². The first-order valence-corrected chi connectivity index (χ1v) is 9.03. The molecule has 1 heterocycles. The lowest BCUT2D eigenvalue weighted by Gasteiger charge is -2.43. The molecule has 1 aromatic heterocycles. The molecule has 3 N–H and O–H groups in total. The number of carboxylic acid groups (broad SMARTS) is 1. The van der Waals surface area contributed by atoms with Gasteiger partial charge in [0.2, 0.25) is 5.91 Å². The highest BCUT2D eigenvalue weighted by atomic mass is 16.4. The summed E-state index contributed by atoms with van der Waals surface area (Å²) in [4.78, 5) is 37.2. The highest BCUT2D eigenvalue weighted by Crippen LogP contribution is 2.33. The number of furan rings is 1. The lowest BCUT2D eigenvalue weighted by atomic mass is 9.85. The average molecular weight is 363 g/mol. The molecule has 1 unspecified atom stereocenters. The molecule has 1 atom stereocenters. The van der Waals surface area contributed by atoms with Crippen LogP contribution in [0, 0.1) is 5.92 Å². The fourth-order valence-corrected chi connectivity index (χ4v) is 3.22. The number of carbonyl (C=O) groups excluding carboxylic acids is 2. The molecule has 2 saturated carbocycles. The van der Waals surface area contributed by atoms with Gasteiger partial charge in [0.05, 0.1) is 12.8 Å². The Hall–Kier alpha value is -2.35. The van der Waals surface area contributed by atoms with Crippen LogP contribution in [0.2, 0.25) is 0 Å². The van der Waals surface area contributed by atoms with E-state index in [1.165, 1.54) is 25.2 Å². The maximum Gasteiger partial charge on any atom is 0.317 e. The number of hydrogen-bond acceptors (Lipinski definition) is 5. The third kappa shape index (κ3) is 4.85. The smallest absolute Gasteiger partial charge is 0.317 e. The van der Waals surface area contributed by atoms with Crippen LogP contribution in [0.5, 0.6) is 0 Å². The Kier molecular flexibility index (Phi) is 5.61. The second-order valence-corrected chi connectivity index (χ2v) is 7.27. The van der Waals surface area contributed by atoms with Crippen LogP contribution in [0.1, 0.15) is 43.2 Å². The lowest BCUT2D eigenvalue weighted by Crippen LogP contribution is -2.57. The molecular weight excluding hydrogens is 338 g/mol. The molecule has 2 aliphatic carbocycles. The Bertz CT molecular complexity index is 650. The van der Waals surface area contributed by atoms with E-state index in [1.807, 2.05) is 4.90 Å². The van der Waals surface area contributed by atoms with Crippen molar-refractivity contribution in [1.82, 2.24) is 15.5 Å². The van der Waals surface area contributed by atoms with Gasteiger partial charge in [0.1, 0.15) is 6.04 Å². The highest BCUT2D eigenvalue weighted by Gasteiger charge is 2.38. The Balaban J connectivity index is 1.41. The standard InChI is InChI=1S/C18H25N3O5/c1-11(19-18(25)15-3-2-6-26-15)17(24)20-13-7-14(8-13)21(10-16(22)23)9-12-4-5-12/h2-3,6,11-14H,4-5,7-10H2,1H3,(H,19,25)(H,20,24)(H,22,23). The van der Waals surface area contributed by atoms with Crippen molar-refractivity contribution in [2.75, 3.05) is 13.1 Å². The summed E-state index contributed by atoms with van der Waals surface area (Å²) in [7, 11) is 0. The third-order valence-electron chi connectivity index (χ3n) is 4.99. The van der Waals surface area contributed by atoms with Crippen molar-refractivity contribution < 1.29 is 23.9 Å². The van der Waals surface area contributed by atoms with E-state index in [9.17, 15) is 14.4 Å². The van der Waals surface area contributed by atoms with Gasteiger partial charge < -0.3 is 20.2 Å². The maximum absolute atomic E-state index is 12.2. The minimum Gasteiger partial charge on any atom is -0.480 e. The van der Waals surface area contributed by atoms with Crippen molar-refractivity contribution in [2.45, 2.75) is 50.7 Å². The minimum atomic E-state index is -0.813. The number of carboxylic acids is 1. The Morgan fingerprint density at radius 3 is 2.65 bits per heavy atom. The van der Waals surface area contributed by atoms with Crippen LogP contribution in [0.3, 0.4) is 0 Å². The van der Waals surface area contributed by atoms with Gasteiger partial charge >= 0.3 is 5.97 Å². The van der Waals surface area contributed by atoms with Crippen LogP contribution < -0.4 is 10.6 Å². The van der Waals surface area contributed by atoms with Gasteiger partial charge in [-0.15, -0.1) is 0 Å². The van der Waals surface area contributed by atoms with E-state index in [2.05, 4.69) is 10.6 Å². The summed E-state index contributed by atoms with van der Waals surface area (Å²) in [5.41, 5.74) is 0. The summed E-state index contributed by atoms with van der Waals surface area (Å²) < 4.78 is 5.00. The van der Waals surface area contributed by atoms with Gasteiger partial charge in [-0.25, -0.2) is 0 Å². The van der Waals surface area contributed by atoms with E-state index in [0.717, 1.165) is 19.4 Å². The fraction of sp³-hybridized carbons (Fsp3) is 0.611. The van der Waals surface area contributed by atoms with Crippen LogP contribution in [-0.4, -0.2) is 59.0 Å². The minimum absolute atomic E-state index is 0.0194. The third-order valence-corrected chi connectivity index (χ3v) is 4.99. The monoisotopic (exact) mass is 363 g/mol. The SMILES string of the molecule is CC(NC(=O)c1ccco1)C(=O)NC1CC(N(CC(=O)O)CC2CC2)C1. The van der Waals surface area contributed by atoms with Crippen LogP contribution in [-0.2, 0) is 9.59 Å². The predicted octanol–water partition coefficient (Wildman–Crippen LogP) is 0.842. The molecule has 1 aromatic rings. The molecule has 0 radical (unpaired) electrons. The molecule has 0 spiro atoms. The maximum atomic E-state index is 12.2. The average Bonchev–Trinajstić information content (AvgIpc) is 3.18. The van der Waals surface area contributed by atoms with Crippen molar-refractivity contribution in [3.63, 3.8) is 0 Å². The van der Waals surface area contributed by atoms with Crippen LogP contribution in [0.25, 0.3) is 0 Å². The van der Waals surface area contributed by atoms with E-state index >= 15 is 0 Å². The Morgan fingerprint density at radius 2 is 2.08 bits per heavy atom. The van der Waals surface area contributed by atoms with Crippen molar-refractivity contribution in [2.24, 2.45) is 5.92 Å². The molecule has 8 nitrogen and oxygen atoms in total. The molecule has 0 aliphatic heterocycles. The molecule has 3 rings (SSSR count). The molecular formula is C18H25N3O5. The second-order valence-electron chi connectivity index (χ2n) is 7.27. The number of nitrogens with zero attached hydrogens (tertiary/aromatic N) is 1. The largest absolute Gasteiger partial charge is 0.480 e. The molecule has 8 heteroatoms. The topological polar surface area (TPSA) is 112 Å². The van der Waals surface area contributed by atoms with E-state index in [1.54, 1.807) is 13.0 Å². The number of hydrogen-bond donors (Lipinski definition) is 3. The van der Waals surface area contributed by atoms with E-state index in [4.69, 9.17) is 9.52 Å². The van der Waals surface area contributed by atoms with Gasteiger partial charge in [0.25, 0.3) is 5.91 Å². The van der Waals surface area contributed by atoms with Crippen molar-refractivity contribution in [1.29, 1.82) is 0 Å². The number of amides is 2. The first-order chi connectivity index (χ1) is 12.4. The van der Waals surface area contributed by atoms with Crippen molar-refractivity contribution in [3.05, 3.63) is 24.2 Å². The highest BCUT2D eigenvalue weighted by molar-refractivity contribution is 5.95. The second kappa shape index (κ2) is 7.90. The van der Waals surface area contributed by atoms with Crippen LogP contribution in [0.4, 0.5) is 0 Å². The van der Waals surface area contributed by atoms with E-state index in [-0.39, 0.29) is 30.3 Å². The zero-order valence-corrected chi connectivity index (χ0v) is 14.8. The fourth-order valence-electron chi connectivity index (χ4n) is 3.22. The molecule has 0 saturated heterocycles. The number of carbonyl (C=O) groups is 3. The van der Waals surface area contributed by atoms with E-state index < -0.39 is 17.9 Å². The molecule has 0 bridgehead atoms. The lowest BCUT2D eigenvalue weighted by molar-refractivity contribution is -0.140. The van der Waals surface area contributed by atoms with Gasteiger partial charge in [-0.2, -0.15) is 0 Å². The first kappa shape index (κ1) is 18.4. The number of nitrogens with one attached hydrogen (secondary N) is 2. The molecule has 2 fully saturated rings. The summed E-state index contributed by atoms with van der Waals surface area (Å²) in [6.45, 7) is 2.50. The zero-order chi connectivity index (χ0) is 18.7. The summed E-state index contributed by atoms with van der Waals surface area (Å²) in [5.74, 6) is -0.702. The molecule has 2 amide bonds. The zero-order valence-electron chi connectivity index (χ0n) is 14.8. The van der Waals surface area contributed by atoms with Crippen LogP contribution >= 0.6 is 0 Å². The number of aliphatic carboxylic acids is 1. The molecule has 142 valence electrons. The van der Waals surface area contributed by atoms with Crippen molar-refractivity contribution in [3.8, 4) is 0 Å². The predicted molar refractivity (Wildman–Crippen MR) is 92.5 cm³/mol. The summed E-state index contributed by atoms with van der Waals surface area (Å²) in [5, 5.41) is 14.6. The molecule has 2 aliphatic rings. The van der Waals surface area contributed by atoms with Gasteiger partial charge in [0.15, 0.2) is 5.76 Å². The number of rotatable bonds is 9. The Labute approximate surface area is 151 Å². The normalized spacial score (nSPS) is 23.2. The molecule has 26 heavy (non-hydrogen) atoms. The van der Waals surface area contributed by atoms with Crippen LogP contribution in [0.15, 0.2) is 22.8 Å². The summed E-state index contributed by atoms with van der Waals surface area (Å²) >= 11 is 0. The summed E-state index contributed by atoms with van der Waals surface area (Å²) in [6, 6.07) is 2.69. The van der Waals surface area contributed by atoms with E-state index in [0.29, 0.717) is 5.92 Å². The van der Waals surface area contributed by atoms with Gasteiger partial charge in [-0.05, 0) is 50.7 Å².